The number of rotatable bonds is 7. The highest BCUT2D eigenvalue weighted by Gasteiger charge is 2.21. The first kappa shape index (κ1) is 12.0. The van der Waals surface area contributed by atoms with Crippen LogP contribution in [0.2, 0.25) is 0 Å². The molecule has 2 N–H and O–H groups in total. The monoisotopic (exact) mass is 236 g/mol. The Hall–Kier alpha value is -1.43. The molecule has 1 aliphatic carbocycles. The maximum Gasteiger partial charge on any atom is 0.244 e. The van der Waals surface area contributed by atoms with E-state index in [1.807, 2.05) is 0 Å². The van der Waals surface area contributed by atoms with E-state index in [2.05, 4.69) is 44.8 Å². The Kier molecular flexibility index (Phi) is 4.08. The molecule has 1 aromatic rings. The van der Waals surface area contributed by atoms with Crippen molar-refractivity contribution < 1.29 is 0 Å². The van der Waals surface area contributed by atoms with Crippen LogP contribution >= 0.6 is 0 Å². The second kappa shape index (κ2) is 5.77. The highest BCUT2D eigenvalue weighted by molar-refractivity contribution is 5.38. The minimum absolute atomic E-state index is 0.591. The molecule has 0 aromatic carbocycles. The molecule has 1 aromatic heterocycles. The SMILES string of the molecule is CN(C)CCCNc1nncc(NC2CC2)n1. The Morgan fingerprint density at radius 2 is 2.24 bits per heavy atom. The van der Waals surface area contributed by atoms with Crippen molar-refractivity contribution in [3.63, 3.8) is 0 Å². The minimum Gasteiger partial charge on any atom is -0.366 e. The smallest absolute Gasteiger partial charge is 0.244 e. The Morgan fingerprint density at radius 3 is 2.94 bits per heavy atom. The van der Waals surface area contributed by atoms with E-state index in [-0.39, 0.29) is 0 Å². The van der Waals surface area contributed by atoms with Gasteiger partial charge in [-0.2, -0.15) is 10.1 Å². The van der Waals surface area contributed by atoms with E-state index >= 15 is 0 Å². The first-order chi connectivity index (χ1) is 8.24. The van der Waals surface area contributed by atoms with Gasteiger partial charge in [0.1, 0.15) is 0 Å². The molecule has 2 rings (SSSR count). The molecule has 0 aliphatic heterocycles. The van der Waals surface area contributed by atoms with Crippen LogP contribution in [0.25, 0.3) is 0 Å². The summed E-state index contributed by atoms with van der Waals surface area (Å²) in [5, 5.41) is 14.4. The lowest BCUT2D eigenvalue weighted by Gasteiger charge is -2.10. The van der Waals surface area contributed by atoms with Crippen LogP contribution in [-0.2, 0) is 0 Å². The van der Waals surface area contributed by atoms with E-state index in [0.29, 0.717) is 12.0 Å². The average Bonchev–Trinajstić information content (AvgIpc) is 3.09. The Labute approximate surface area is 102 Å². The van der Waals surface area contributed by atoms with E-state index in [1.54, 1.807) is 6.20 Å². The third-order valence-electron chi connectivity index (χ3n) is 2.55. The first-order valence-corrected chi connectivity index (χ1v) is 6.09. The number of hydrogen-bond acceptors (Lipinski definition) is 6. The van der Waals surface area contributed by atoms with Gasteiger partial charge in [-0.3, -0.25) is 0 Å². The molecule has 1 saturated carbocycles. The standard InChI is InChI=1S/C11H20N6/c1-17(2)7-3-6-12-11-15-10(8-13-16-11)14-9-4-5-9/h8-9H,3-7H2,1-2H3,(H2,12,14,15,16). The summed E-state index contributed by atoms with van der Waals surface area (Å²) in [7, 11) is 4.14. The van der Waals surface area contributed by atoms with Gasteiger partial charge in [-0.15, -0.1) is 5.10 Å². The lowest BCUT2D eigenvalue weighted by atomic mass is 10.4. The fraction of sp³-hybridized carbons (Fsp3) is 0.727. The van der Waals surface area contributed by atoms with Crippen molar-refractivity contribution >= 4 is 11.8 Å². The van der Waals surface area contributed by atoms with Gasteiger partial charge in [0.2, 0.25) is 5.95 Å². The maximum absolute atomic E-state index is 4.36. The molecule has 0 atom stereocenters. The van der Waals surface area contributed by atoms with Gasteiger partial charge in [-0.25, -0.2) is 0 Å². The third kappa shape index (κ3) is 4.52. The molecule has 0 bridgehead atoms. The number of nitrogens with zero attached hydrogens (tertiary/aromatic N) is 4. The summed E-state index contributed by atoms with van der Waals surface area (Å²) in [5.74, 6) is 1.42. The summed E-state index contributed by atoms with van der Waals surface area (Å²) < 4.78 is 0. The molecule has 6 nitrogen and oxygen atoms in total. The van der Waals surface area contributed by atoms with E-state index in [9.17, 15) is 0 Å². The second-order valence-electron chi connectivity index (χ2n) is 4.67. The highest BCUT2D eigenvalue weighted by atomic mass is 15.3. The Balaban J connectivity index is 1.75. The first-order valence-electron chi connectivity index (χ1n) is 6.09. The average molecular weight is 236 g/mol. The van der Waals surface area contributed by atoms with Gasteiger partial charge in [0, 0.05) is 12.6 Å². The number of nitrogens with one attached hydrogen (secondary N) is 2. The van der Waals surface area contributed by atoms with E-state index in [4.69, 9.17) is 0 Å². The van der Waals surface area contributed by atoms with E-state index in [0.717, 1.165) is 25.3 Å². The topological polar surface area (TPSA) is 66.0 Å². The molecule has 94 valence electrons. The van der Waals surface area contributed by atoms with Gasteiger partial charge >= 0.3 is 0 Å². The molecular formula is C11H20N6. The molecule has 17 heavy (non-hydrogen) atoms. The van der Waals surface area contributed by atoms with Crippen LogP contribution in [0.1, 0.15) is 19.3 Å². The summed E-state index contributed by atoms with van der Waals surface area (Å²) in [5.41, 5.74) is 0. The van der Waals surface area contributed by atoms with E-state index in [1.165, 1.54) is 12.8 Å². The van der Waals surface area contributed by atoms with Crippen molar-refractivity contribution in [3.8, 4) is 0 Å². The fourth-order valence-electron chi connectivity index (χ4n) is 1.48. The summed E-state index contributed by atoms with van der Waals surface area (Å²) in [6.07, 6.45) is 5.20. The molecule has 0 radical (unpaired) electrons. The molecule has 6 heteroatoms. The zero-order valence-electron chi connectivity index (χ0n) is 10.5. The normalized spacial score (nSPS) is 15.0. The minimum atomic E-state index is 0.591. The van der Waals surface area contributed by atoms with Crippen molar-refractivity contribution in [2.75, 3.05) is 37.8 Å². The molecule has 0 unspecified atom stereocenters. The van der Waals surface area contributed by atoms with Crippen molar-refractivity contribution in [1.82, 2.24) is 20.1 Å². The molecule has 0 spiro atoms. The summed E-state index contributed by atoms with van der Waals surface area (Å²) in [4.78, 5) is 6.52. The molecule has 1 aliphatic rings. The lowest BCUT2D eigenvalue weighted by molar-refractivity contribution is 0.405. The Morgan fingerprint density at radius 1 is 1.41 bits per heavy atom. The van der Waals surface area contributed by atoms with Crippen LogP contribution in [0.5, 0.6) is 0 Å². The largest absolute Gasteiger partial charge is 0.366 e. The van der Waals surface area contributed by atoms with Gasteiger partial charge in [-0.1, -0.05) is 0 Å². The zero-order valence-corrected chi connectivity index (χ0v) is 10.5. The predicted molar refractivity (Wildman–Crippen MR) is 68.1 cm³/mol. The fourth-order valence-corrected chi connectivity index (χ4v) is 1.48. The zero-order chi connectivity index (χ0) is 12.1. The van der Waals surface area contributed by atoms with Crippen molar-refractivity contribution in [2.24, 2.45) is 0 Å². The Bertz CT molecular complexity index is 350. The number of hydrogen-bond donors (Lipinski definition) is 2. The second-order valence-corrected chi connectivity index (χ2v) is 4.67. The van der Waals surface area contributed by atoms with Gasteiger partial charge < -0.3 is 15.5 Å². The third-order valence-corrected chi connectivity index (χ3v) is 2.55. The van der Waals surface area contributed by atoms with Crippen LogP contribution in [-0.4, -0.2) is 53.3 Å². The molecule has 1 heterocycles. The van der Waals surface area contributed by atoms with Crippen LogP contribution in [0.3, 0.4) is 0 Å². The maximum atomic E-state index is 4.36. The van der Waals surface area contributed by atoms with Crippen LogP contribution < -0.4 is 10.6 Å². The van der Waals surface area contributed by atoms with Gasteiger partial charge in [-0.05, 0) is 39.9 Å². The number of aromatic nitrogens is 3. The van der Waals surface area contributed by atoms with Crippen LogP contribution in [0.15, 0.2) is 6.20 Å². The summed E-state index contributed by atoms with van der Waals surface area (Å²) in [6, 6.07) is 0.591. The highest BCUT2D eigenvalue weighted by Crippen LogP contribution is 2.23. The van der Waals surface area contributed by atoms with Crippen molar-refractivity contribution in [1.29, 1.82) is 0 Å². The van der Waals surface area contributed by atoms with Gasteiger partial charge in [0.15, 0.2) is 5.82 Å². The molecule has 0 amide bonds. The van der Waals surface area contributed by atoms with Crippen LogP contribution in [0, 0.1) is 0 Å². The summed E-state index contributed by atoms with van der Waals surface area (Å²) in [6.45, 7) is 1.92. The molecule has 0 saturated heterocycles. The van der Waals surface area contributed by atoms with Crippen molar-refractivity contribution in [2.45, 2.75) is 25.3 Å². The van der Waals surface area contributed by atoms with Gasteiger partial charge in [0.25, 0.3) is 0 Å². The summed E-state index contributed by atoms with van der Waals surface area (Å²) >= 11 is 0. The predicted octanol–water partition coefficient (Wildman–Crippen LogP) is 0.809. The molecular weight excluding hydrogens is 216 g/mol. The molecule has 1 fully saturated rings. The lowest BCUT2D eigenvalue weighted by Crippen LogP contribution is -2.17. The van der Waals surface area contributed by atoms with Gasteiger partial charge in [0.05, 0.1) is 6.20 Å². The van der Waals surface area contributed by atoms with E-state index < -0.39 is 0 Å². The number of anilines is 2. The van der Waals surface area contributed by atoms with Crippen LogP contribution in [0.4, 0.5) is 11.8 Å². The quantitative estimate of drug-likeness (QED) is 0.683. The van der Waals surface area contributed by atoms with Crippen molar-refractivity contribution in [3.05, 3.63) is 6.20 Å².